The summed E-state index contributed by atoms with van der Waals surface area (Å²) in [6.07, 6.45) is 4.63. The summed E-state index contributed by atoms with van der Waals surface area (Å²) in [7, 11) is 0. The summed E-state index contributed by atoms with van der Waals surface area (Å²) in [5, 5.41) is 7.18. The largest absolute Gasteiger partial charge is 0.349 e. The van der Waals surface area contributed by atoms with Gasteiger partial charge in [-0.25, -0.2) is 9.48 Å². The van der Waals surface area contributed by atoms with Crippen molar-refractivity contribution in [1.82, 2.24) is 19.5 Å². The number of hydrogen-bond acceptors (Lipinski definition) is 3. The molecule has 1 aliphatic carbocycles. The van der Waals surface area contributed by atoms with Crippen molar-refractivity contribution in [3.8, 4) is 0 Å². The van der Waals surface area contributed by atoms with Gasteiger partial charge in [0.2, 0.25) is 5.91 Å². The van der Waals surface area contributed by atoms with E-state index in [1.807, 2.05) is 31.2 Å². The molecule has 0 fully saturated rings. The van der Waals surface area contributed by atoms with Crippen LogP contribution < -0.4 is 11.0 Å². The molecule has 6 nitrogen and oxygen atoms in total. The second kappa shape index (κ2) is 6.20. The molecule has 1 N–H and O–H groups in total. The maximum Gasteiger partial charge on any atom is 0.349 e. The number of aromatic nitrogens is 3. The van der Waals surface area contributed by atoms with Gasteiger partial charge in [0.1, 0.15) is 6.54 Å². The van der Waals surface area contributed by atoms with E-state index in [0.29, 0.717) is 0 Å². The molecule has 0 unspecified atom stereocenters. The summed E-state index contributed by atoms with van der Waals surface area (Å²) >= 11 is 0. The minimum Gasteiger partial charge on any atom is -0.348 e. The Morgan fingerprint density at radius 2 is 2.12 bits per heavy atom. The molecule has 3 aromatic rings. The van der Waals surface area contributed by atoms with Crippen LogP contribution in [-0.2, 0) is 17.8 Å². The Morgan fingerprint density at radius 3 is 3.00 bits per heavy atom. The van der Waals surface area contributed by atoms with E-state index in [2.05, 4.69) is 22.5 Å². The molecule has 0 spiro atoms. The zero-order valence-electron chi connectivity index (χ0n) is 14.1. The van der Waals surface area contributed by atoms with Crippen molar-refractivity contribution < 1.29 is 4.79 Å². The molecule has 1 aliphatic rings. The Morgan fingerprint density at radius 1 is 1.28 bits per heavy atom. The van der Waals surface area contributed by atoms with Gasteiger partial charge in [-0.15, -0.1) is 0 Å². The topological polar surface area (TPSA) is 68.4 Å². The van der Waals surface area contributed by atoms with E-state index >= 15 is 0 Å². The second-order valence-corrected chi connectivity index (χ2v) is 6.53. The van der Waals surface area contributed by atoms with Gasteiger partial charge in [0.15, 0.2) is 0 Å². The van der Waals surface area contributed by atoms with Crippen molar-refractivity contribution in [1.29, 1.82) is 0 Å². The van der Waals surface area contributed by atoms with E-state index < -0.39 is 0 Å². The molecule has 0 saturated carbocycles. The first-order chi connectivity index (χ1) is 12.1. The molecule has 0 radical (unpaired) electrons. The number of nitrogens with zero attached hydrogens (tertiary/aromatic N) is 3. The zero-order valence-corrected chi connectivity index (χ0v) is 14.1. The minimum atomic E-state index is -0.292. The summed E-state index contributed by atoms with van der Waals surface area (Å²) in [6, 6.07) is 11.9. The lowest BCUT2D eigenvalue weighted by molar-refractivity contribution is -0.122. The first kappa shape index (κ1) is 15.6. The summed E-state index contributed by atoms with van der Waals surface area (Å²) < 4.78 is 2.78. The fourth-order valence-corrected chi connectivity index (χ4v) is 3.60. The molecule has 1 atom stereocenters. The number of benzene rings is 1. The van der Waals surface area contributed by atoms with E-state index in [0.717, 1.165) is 30.5 Å². The number of rotatable bonds is 3. The molecule has 2 aromatic heterocycles. The van der Waals surface area contributed by atoms with Gasteiger partial charge in [0.05, 0.1) is 17.8 Å². The molecule has 4 rings (SSSR count). The van der Waals surface area contributed by atoms with E-state index in [1.165, 1.54) is 15.8 Å². The van der Waals surface area contributed by atoms with Crippen molar-refractivity contribution in [3.05, 3.63) is 69.9 Å². The van der Waals surface area contributed by atoms with E-state index in [4.69, 9.17) is 0 Å². The molecular formula is C19H20N4O2. The lowest BCUT2D eigenvalue weighted by Gasteiger charge is -2.26. The Kier molecular flexibility index (Phi) is 3.87. The van der Waals surface area contributed by atoms with Gasteiger partial charge in [0, 0.05) is 5.69 Å². The smallest absolute Gasteiger partial charge is 0.348 e. The van der Waals surface area contributed by atoms with E-state index in [1.54, 1.807) is 10.6 Å². The van der Waals surface area contributed by atoms with Crippen molar-refractivity contribution in [2.75, 3.05) is 0 Å². The number of amides is 1. The van der Waals surface area contributed by atoms with Gasteiger partial charge in [-0.05, 0) is 49.4 Å². The number of aryl methyl sites for hydroxylation is 2. The lowest BCUT2D eigenvalue weighted by Crippen LogP contribution is -2.38. The van der Waals surface area contributed by atoms with Gasteiger partial charge < -0.3 is 5.32 Å². The fraction of sp³-hybridized carbons (Fsp3) is 0.316. The third-order valence-electron chi connectivity index (χ3n) is 4.85. The van der Waals surface area contributed by atoms with Crippen LogP contribution in [0.4, 0.5) is 0 Å². The predicted molar refractivity (Wildman–Crippen MR) is 94.5 cm³/mol. The Balaban J connectivity index is 1.55. The monoisotopic (exact) mass is 336 g/mol. The molecule has 6 heteroatoms. The summed E-state index contributed by atoms with van der Waals surface area (Å²) in [6.45, 7) is 1.78. The second-order valence-electron chi connectivity index (χ2n) is 6.53. The van der Waals surface area contributed by atoms with Crippen LogP contribution in [0.5, 0.6) is 0 Å². The molecule has 2 heterocycles. The van der Waals surface area contributed by atoms with Gasteiger partial charge in [-0.2, -0.15) is 5.10 Å². The first-order valence-electron chi connectivity index (χ1n) is 8.55. The lowest BCUT2D eigenvalue weighted by atomic mass is 9.88. The van der Waals surface area contributed by atoms with Crippen LogP contribution in [0.2, 0.25) is 0 Å². The van der Waals surface area contributed by atoms with Crippen LogP contribution in [0.25, 0.3) is 5.52 Å². The van der Waals surface area contributed by atoms with E-state index in [-0.39, 0.29) is 24.2 Å². The SMILES string of the molecule is Cc1ccc2cnn(CC(=O)N[C@H]3CCCc4ccccc43)c(=O)n12. The average Bonchev–Trinajstić information content (AvgIpc) is 2.99. The molecule has 1 amide bonds. The third kappa shape index (κ3) is 2.84. The van der Waals surface area contributed by atoms with Crippen LogP contribution in [0, 0.1) is 6.92 Å². The molecule has 0 saturated heterocycles. The summed E-state index contributed by atoms with van der Waals surface area (Å²) in [5.74, 6) is -0.194. The van der Waals surface area contributed by atoms with Crippen molar-refractivity contribution in [3.63, 3.8) is 0 Å². The Bertz CT molecular complexity index is 1000. The predicted octanol–water partition coefficient (Wildman–Crippen LogP) is 2.00. The highest BCUT2D eigenvalue weighted by atomic mass is 16.2. The molecule has 128 valence electrons. The minimum absolute atomic E-state index is 0.00481. The number of nitrogens with one attached hydrogen (secondary N) is 1. The highest BCUT2D eigenvalue weighted by Crippen LogP contribution is 2.29. The molecule has 25 heavy (non-hydrogen) atoms. The van der Waals surface area contributed by atoms with Gasteiger partial charge in [0.25, 0.3) is 0 Å². The molecule has 0 bridgehead atoms. The first-order valence-corrected chi connectivity index (χ1v) is 8.55. The fourth-order valence-electron chi connectivity index (χ4n) is 3.60. The maximum absolute atomic E-state index is 12.5. The Hall–Kier alpha value is -2.89. The van der Waals surface area contributed by atoms with Crippen LogP contribution in [-0.4, -0.2) is 20.1 Å². The van der Waals surface area contributed by atoms with Gasteiger partial charge in [-0.3, -0.25) is 9.20 Å². The van der Waals surface area contributed by atoms with Crippen LogP contribution >= 0.6 is 0 Å². The van der Waals surface area contributed by atoms with Crippen molar-refractivity contribution in [2.45, 2.75) is 38.8 Å². The number of carbonyl (C=O) groups excluding carboxylic acids is 1. The van der Waals surface area contributed by atoms with Crippen LogP contribution in [0.15, 0.2) is 47.4 Å². The highest BCUT2D eigenvalue weighted by molar-refractivity contribution is 5.76. The molecular weight excluding hydrogens is 316 g/mol. The normalized spacial score (nSPS) is 16.6. The summed E-state index contributed by atoms with van der Waals surface area (Å²) in [4.78, 5) is 25.0. The number of carbonyl (C=O) groups is 1. The maximum atomic E-state index is 12.5. The number of hydrogen-bond donors (Lipinski definition) is 1. The van der Waals surface area contributed by atoms with Crippen LogP contribution in [0.1, 0.15) is 35.7 Å². The van der Waals surface area contributed by atoms with Crippen molar-refractivity contribution in [2.24, 2.45) is 0 Å². The van der Waals surface area contributed by atoms with Gasteiger partial charge in [-0.1, -0.05) is 24.3 Å². The summed E-state index contributed by atoms with van der Waals surface area (Å²) in [5.41, 5.74) is 3.75. The third-order valence-corrected chi connectivity index (χ3v) is 4.85. The highest BCUT2D eigenvalue weighted by Gasteiger charge is 2.21. The standard InChI is InChI=1S/C19H20N4O2/c1-13-9-10-15-11-20-22(19(25)23(13)15)12-18(24)21-17-8-4-6-14-5-2-3-7-16(14)17/h2-3,5,7,9-11,17H,4,6,8,12H2,1H3,(H,21,24)/t17-/m0/s1. The van der Waals surface area contributed by atoms with Crippen molar-refractivity contribution >= 4 is 11.4 Å². The van der Waals surface area contributed by atoms with E-state index in [9.17, 15) is 9.59 Å². The molecule has 0 aliphatic heterocycles. The van der Waals surface area contributed by atoms with Crippen LogP contribution in [0.3, 0.4) is 0 Å². The quantitative estimate of drug-likeness (QED) is 0.795. The number of fused-ring (bicyclic) bond motifs is 2. The zero-order chi connectivity index (χ0) is 17.4. The molecule has 1 aromatic carbocycles. The van der Waals surface area contributed by atoms with Gasteiger partial charge >= 0.3 is 5.69 Å². The Labute approximate surface area is 145 Å². The average molecular weight is 336 g/mol.